The highest BCUT2D eigenvalue weighted by Gasteiger charge is 2.25. The Morgan fingerprint density at radius 3 is 2.78 bits per heavy atom. The van der Waals surface area contributed by atoms with E-state index in [1.807, 2.05) is 6.92 Å². The van der Waals surface area contributed by atoms with Crippen LogP contribution in [0.1, 0.15) is 24.6 Å². The van der Waals surface area contributed by atoms with Crippen molar-refractivity contribution in [1.29, 1.82) is 0 Å². The molecular formula is C18H21FN4O3S. The fourth-order valence-electron chi connectivity index (χ4n) is 2.62. The number of carbonyl (C=O) groups excluding carboxylic acids is 2. The number of carbonyl (C=O) groups is 2. The van der Waals surface area contributed by atoms with Gasteiger partial charge in [-0.05, 0) is 30.7 Å². The minimum absolute atomic E-state index is 0.0477. The van der Waals surface area contributed by atoms with Crippen molar-refractivity contribution in [2.75, 3.05) is 18.5 Å². The third-order valence-electron chi connectivity index (χ3n) is 3.93. The van der Waals surface area contributed by atoms with Gasteiger partial charge < -0.3 is 15.4 Å². The second kappa shape index (κ2) is 8.90. The predicted molar refractivity (Wildman–Crippen MR) is 101 cm³/mol. The number of aromatic nitrogens is 2. The molecule has 1 aliphatic heterocycles. The molecule has 0 radical (unpaired) electrons. The first-order valence-electron chi connectivity index (χ1n) is 8.68. The Kier molecular flexibility index (Phi) is 6.33. The number of thioether (sulfide) groups is 1. The van der Waals surface area contributed by atoms with E-state index in [0.29, 0.717) is 18.1 Å². The smallest absolute Gasteiger partial charge is 0.263 e. The predicted octanol–water partition coefficient (Wildman–Crippen LogP) is 2.31. The van der Waals surface area contributed by atoms with E-state index < -0.39 is 0 Å². The van der Waals surface area contributed by atoms with Crippen LogP contribution in [-0.4, -0.2) is 34.7 Å². The van der Waals surface area contributed by atoms with E-state index >= 15 is 0 Å². The Bertz CT molecular complexity index is 823. The van der Waals surface area contributed by atoms with Crippen LogP contribution in [0.3, 0.4) is 0 Å². The zero-order valence-electron chi connectivity index (χ0n) is 15.0. The number of halogens is 1. The second-order valence-electron chi connectivity index (χ2n) is 6.07. The average Bonchev–Trinajstić information content (AvgIpc) is 3.22. The molecule has 0 saturated heterocycles. The number of ether oxygens (including phenoxy) is 1. The van der Waals surface area contributed by atoms with E-state index in [1.54, 1.807) is 11.8 Å². The van der Waals surface area contributed by atoms with Crippen molar-refractivity contribution in [1.82, 2.24) is 15.1 Å². The summed E-state index contributed by atoms with van der Waals surface area (Å²) in [5.41, 5.74) is 1.83. The number of nitrogens with one attached hydrogen (secondary N) is 2. The lowest BCUT2D eigenvalue weighted by Gasteiger charge is -2.12. The summed E-state index contributed by atoms with van der Waals surface area (Å²) in [6.45, 7) is 2.41. The van der Waals surface area contributed by atoms with Gasteiger partial charge in [0.2, 0.25) is 5.91 Å². The number of benzene rings is 1. The maximum Gasteiger partial charge on any atom is 0.263 e. The van der Waals surface area contributed by atoms with Gasteiger partial charge in [0, 0.05) is 23.6 Å². The molecule has 9 heteroatoms. The quantitative estimate of drug-likeness (QED) is 0.720. The highest BCUT2D eigenvalue weighted by atomic mass is 32.2. The maximum absolute atomic E-state index is 12.9. The SMILES string of the molecule is CCCNC(=O)Cn1nc2c(c1NC(=O)COc1ccc(F)cc1)CSC2. The van der Waals surface area contributed by atoms with Crippen LogP contribution < -0.4 is 15.4 Å². The van der Waals surface area contributed by atoms with Crippen LogP contribution in [0, 0.1) is 5.82 Å². The fraction of sp³-hybridized carbons (Fsp3) is 0.389. The van der Waals surface area contributed by atoms with Gasteiger partial charge in [0.05, 0.1) is 5.69 Å². The molecule has 0 unspecified atom stereocenters. The van der Waals surface area contributed by atoms with Gasteiger partial charge in [-0.1, -0.05) is 6.92 Å². The van der Waals surface area contributed by atoms with Gasteiger partial charge in [-0.2, -0.15) is 16.9 Å². The van der Waals surface area contributed by atoms with Crippen molar-refractivity contribution in [3.05, 3.63) is 41.3 Å². The number of fused-ring (bicyclic) bond motifs is 1. The van der Waals surface area contributed by atoms with Gasteiger partial charge in [0.15, 0.2) is 6.61 Å². The summed E-state index contributed by atoms with van der Waals surface area (Å²) in [6.07, 6.45) is 0.850. The highest BCUT2D eigenvalue weighted by molar-refractivity contribution is 7.98. The molecule has 2 aromatic rings. The molecule has 2 heterocycles. The molecule has 3 rings (SSSR count). The van der Waals surface area contributed by atoms with Crippen molar-refractivity contribution in [2.24, 2.45) is 0 Å². The molecule has 27 heavy (non-hydrogen) atoms. The van der Waals surface area contributed by atoms with Crippen LogP contribution in [0.4, 0.5) is 10.2 Å². The second-order valence-corrected chi connectivity index (χ2v) is 7.05. The Morgan fingerprint density at radius 1 is 1.26 bits per heavy atom. The van der Waals surface area contributed by atoms with E-state index in [1.165, 1.54) is 28.9 Å². The summed E-state index contributed by atoms with van der Waals surface area (Å²) in [5.74, 6) is 1.55. The van der Waals surface area contributed by atoms with E-state index in [2.05, 4.69) is 15.7 Å². The van der Waals surface area contributed by atoms with Crippen LogP contribution in [-0.2, 0) is 27.6 Å². The van der Waals surface area contributed by atoms with Gasteiger partial charge in [-0.15, -0.1) is 0 Å². The summed E-state index contributed by atoms with van der Waals surface area (Å²) in [7, 11) is 0. The van der Waals surface area contributed by atoms with Crippen LogP contribution in [0.5, 0.6) is 5.75 Å². The van der Waals surface area contributed by atoms with Gasteiger partial charge in [0.25, 0.3) is 5.91 Å². The first-order valence-corrected chi connectivity index (χ1v) is 9.83. The maximum atomic E-state index is 12.9. The monoisotopic (exact) mass is 392 g/mol. The third-order valence-corrected chi connectivity index (χ3v) is 4.90. The molecular weight excluding hydrogens is 371 g/mol. The number of rotatable bonds is 8. The Labute approximate surface area is 160 Å². The summed E-state index contributed by atoms with van der Waals surface area (Å²) >= 11 is 1.71. The van der Waals surface area contributed by atoms with Crippen molar-refractivity contribution in [3.63, 3.8) is 0 Å². The Hall–Kier alpha value is -2.55. The number of hydrogen-bond acceptors (Lipinski definition) is 5. The molecule has 0 saturated carbocycles. The van der Waals surface area contributed by atoms with Crippen LogP contribution >= 0.6 is 11.8 Å². The molecule has 2 N–H and O–H groups in total. The highest BCUT2D eigenvalue weighted by Crippen LogP contribution is 2.34. The lowest BCUT2D eigenvalue weighted by atomic mass is 10.3. The van der Waals surface area contributed by atoms with Gasteiger partial charge >= 0.3 is 0 Å². The standard InChI is InChI=1S/C18H21FN4O3S/c1-2-7-20-16(24)8-23-18(14-10-27-11-15(14)22-23)21-17(25)9-26-13-5-3-12(19)4-6-13/h3-6H,2,7-11H2,1H3,(H,20,24)(H,21,25). The van der Waals surface area contributed by atoms with Crippen LogP contribution in [0.25, 0.3) is 0 Å². The van der Waals surface area contributed by atoms with Crippen LogP contribution in [0.15, 0.2) is 24.3 Å². The molecule has 144 valence electrons. The van der Waals surface area contributed by atoms with E-state index in [4.69, 9.17) is 4.74 Å². The molecule has 0 aliphatic carbocycles. The summed E-state index contributed by atoms with van der Waals surface area (Å²) in [4.78, 5) is 24.3. The van der Waals surface area contributed by atoms with Gasteiger partial charge in [-0.25, -0.2) is 9.07 Å². The van der Waals surface area contributed by atoms with E-state index in [9.17, 15) is 14.0 Å². The van der Waals surface area contributed by atoms with Crippen molar-refractivity contribution < 1.29 is 18.7 Å². The minimum atomic E-state index is -0.370. The van der Waals surface area contributed by atoms with Crippen LogP contribution in [0.2, 0.25) is 0 Å². The number of nitrogens with zero attached hydrogens (tertiary/aromatic N) is 2. The van der Waals surface area contributed by atoms with Crippen molar-refractivity contribution in [3.8, 4) is 5.75 Å². The first kappa shape index (κ1) is 19.2. The topological polar surface area (TPSA) is 85.3 Å². The molecule has 1 aromatic carbocycles. The van der Waals surface area contributed by atoms with Gasteiger partial charge in [0.1, 0.15) is 23.9 Å². The summed E-state index contributed by atoms with van der Waals surface area (Å²) in [6, 6.07) is 5.45. The Balaban J connectivity index is 1.64. The number of anilines is 1. The first-order chi connectivity index (χ1) is 13.1. The molecule has 7 nitrogen and oxygen atoms in total. The van der Waals surface area contributed by atoms with Gasteiger partial charge in [-0.3, -0.25) is 9.59 Å². The zero-order chi connectivity index (χ0) is 19.2. The molecule has 2 amide bonds. The molecule has 1 aliphatic rings. The summed E-state index contributed by atoms with van der Waals surface area (Å²) < 4.78 is 19.8. The molecule has 0 spiro atoms. The number of amides is 2. The molecule has 1 aromatic heterocycles. The van der Waals surface area contributed by atoms with Crippen molar-refractivity contribution >= 4 is 29.4 Å². The largest absolute Gasteiger partial charge is 0.484 e. The molecule has 0 atom stereocenters. The lowest BCUT2D eigenvalue weighted by Crippen LogP contribution is -2.30. The average molecular weight is 392 g/mol. The molecule has 0 fully saturated rings. The lowest BCUT2D eigenvalue weighted by molar-refractivity contribution is -0.122. The minimum Gasteiger partial charge on any atom is -0.484 e. The van der Waals surface area contributed by atoms with E-state index in [-0.39, 0.29) is 30.8 Å². The Morgan fingerprint density at radius 2 is 2.04 bits per heavy atom. The summed E-state index contributed by atoms with van der Waals surface area (Å²) in [5, 5.41) is 10.1. The third kappa shape index (κ3) is 5.00. The zero-order valence-corrected chi connectivity index (χ0v) is 15.8. The molecule has 0 bridgehead atoms. The van der Waals surface area contributed by atoms with E-state index in [0.717, 1.165) is 29.2 Å². The van der Waals surface area contributed by atoms with Crippen molar-refractivity contribution in [2.45, 2.75) is 31.4 Å². The fourth-order valence-corrected chi connectivity index (χ4v) is 3.66. The normalized spacial score (nSPS) is 12.5. The number of hydrogen-bond donors (Lipinski definition) is 2.